The number of para-hydroxylation sites is 1. The third kappa shape index (κ3) is 2.67. The van der Waals surface area contributed by atoms with Gasteiger partial charge in [0.2, 0.25) is 0 Å². The van der Waals surface area contributed by atoms with E-state index in [1.807, 2.05) is 6.07 Å². The van der Waals surface area contributed by atoms with Crippen molar-refractivity contribution in [1.29, 1.82) is 0 Å². The Morgan fingerprint density at radius 2 is 1.27 bits per heavy atom. The fourth-order valence-electron chi connectivity index (χ4n) is 4.28. The molecule has 1 heterocycles. The van der Waals surface area contributed by atoms with Gasteiger partial charge in [-0.25, -0.2) is 0 Å². The van der Waals surface area contributed by atoms with Crippen molar-refractivity contribution in [2.45, 2.75) is 51.9 Å². The van der Waals surface area contributed by atoms with Gasteiger partial charge < -0.3 is 9.13 Å². The summed E-state index contributed by atoms with van der Waals surface area (Å²) in [6.45, 7) is 12.7. The second kappa shape index (κ2) is 6.13. The van der Waals surface area contributed by atoms with Crippen LogP contribution in [0.2, 0.25) is 0 Å². The first-order chi connectivity index (χ1) is 12.0. The number of nitrogens with zero attached hydrogens (tertiary/aromatic N) is 1. The summed E-state index contributed by atoms with van der Waals surface area (Å²) in [6, 6.07) is 18.8. The molecule has 0 atom stereocenters. The van der Waals surface area contributed by atoms with Gasteiger partial charge in [0, 0.05) is 33.8 Å². The Labute approximate surface area is 157 Å². The van der Waals surface area contributed by atoms with Gasteiger partial charge in [-0.2, -0.15) is 0 Å². The van der Waals surface area contributed by atoms with Crippen LogP contribution in [-0.4, -0.2) is 14.9 Å². The van der Waals surface area contributed by atoms with Crippen molar-refractivity contribution in [2.75, 3.05) is 0 Å². The predicted octanol–water partition coefficient (Wildman–Crippen LogP) is 6.43. The average molecular weight is 367 g/mol. The maximum atomic E-state index is 14.8. The maximum Gasteiger partial charge on any atom is 0.141 e. The highest BCUT2D eigenvalue weighted by atomic mass is 31.2. The lowest BCUT2D eigenvalue weighted by Crippen LogP contribution is -2.38. The molecule has 3 heteroatoms. The van der Waals surface area contributed by atoms with Gasteiger partial charge in [-0.1, -0.05) is 90.1 Å². The normalized spacial score (nSPS) is 13.3. The first-order valence-corrected chi connectivity index (χ1v) is 10.9. The molecule has 0 saturated carbocycles. The van der Waals surface area contributed by atoms with Crippen molar-refractivity contribution < 1.29 is 4.57 Å². The van der Waals surface area contributed by atoms with Gasteiger partial charge in [0.05, 0.1) is 5.44 Å². The van der Waals surface area contributed by atoms with E-state index in [1.165, 1.54) is 5.39 Å². The number of hydrogen-bond acceptors (Lipinski definition) is 1. The monoisotopic (exact) mass is 367 g/mol. The highest BCUT2D eigenvalue weighted by Gasteiger charge is 2.50. The molecule has 0 radical (unpaired) electrons. The molecule has 3 aromatic rings. The molecule has 0 aliphatic carbocycles. The van der Waals surface area contributed by atoms with E-state index in [2.05, 4.69) is 102 Å². The van der Waals surface area contributed by atoms with Crippen molar-refractivity contribution in [3.63, 3.8) is 0 Å². The first-order valence-electron chi connectivity index (χ1n) is 9.24. The number of aromatic nitrogens is 1. The van der Waals surface area contributed by atoms with Crippen LogP contribution in [-0.2, 0) is 11.6 Å². The Bertz CT molecular complexity index is 967. The van der Waals surface area contributed by atoms with Gasteiger partial charge in [-0.15, -0.1) is 0 Å². The lowest BCUT2D eigenvalue weighted by molar-refractivity contribution is 0.526. The Morgan fingerprint density at radius 1 is 0.769 bits per heavy atom. The molecule has 0 aliphatic rings. The van der Waals surface area contributed by atoms with Crippen LogP contribution in [0.15, 0.2) is 54.6 Å². The summed E-state index contributed by atoms with van der Waals surface area (Å²) in [5.74, 6) is 0. The molecule has 0 fully saturated rings. The van der Waals surface area contributed by atoms with Gasteiger partial charge in [0.1, 0.15) is 7.14 Å². The SMILES string of the molecule is Cn1c(P(=O)(C(C)(C)C)C(C)(C)C)c(-c2ccccc2)c2ccccc21. The third-order valence-corrected chi connectivity index (χ3v) is 10.2. The topological polar surface area (TPSA) is 22.0 Å². The van der Waals surface area contributed by atoms with Crippen LogP contribution in [0.3, 0.4) is 0 Å². The van der Waals surface area contributed by atoms with Crippen LogP contribution < -0.4 is 5.44 Å². The first kappa shape index (κ1) is 19.0. The molecule has 26 heavy (non-hydrogen) atoms. The van der Waals surface area contributed by atoms with E-state index < -0.39 is 7.14 Å². The highest BCUT2D eigenvalue weighted by Crippen LogP contribution is 2.67. The number of benzene rings is 2. The van der Waals surface area contributed by atoms with Gasteiger partial charge >= 0.3 is 0 Å². The Kier molecular flexibility index (Phi) is 4.48. The fraction of sp³-hybridized carbons (Fsp3) is 0.391. The van der Waals surface area contributed by atoms with Crippen molar-refractivity contribution in [2.24, 2.45) is 7.05 Å². The minimum Gasteiger partial charge on any atom is -0.341 e. The highest BCUT2D eigenvalue weighted by molar-refractivity contribution is 7.74. The smallest absolute Gasteiger partial charge is 0.141 e. The standard InChI is InChI=1S/C23H30NOP/c1-22(2,3)26(25,23(4,5)6)21-20(17-13-9-8-10-14-17)18-15-11-12-16-19(18)24(21)7/h8-16H,1-7H3. The largest absolute Gasteiger partial charge is 0.341 e. The predicted molar refractivity (Wildman–Crippen MR) is 115 cm³/mol. The van der Waals surface area contributed by atoms with Gasteiger partial charge in [0.15, 0.2) is 0 Å². The second-order valence-corrected chi connectivity index (χ2v) is 13.4. The molecule has 0 N–H and O–H groups in total. The van der Waals surface area contributed by atoms with E-state index in [0.29, 0.717) is 0 Å². The molecular weight excluding hydrogens is 337 g/mol. The maximum absolute atomic E-state index is 14.8. The van der Waals surface area contributed by atoms with Crippen molar-refractivity contribution >= 4 is 23.5 Å². The summed E-state index contributed by atoms with van der Waals surface area (Å²) in [5, 5.41) is 0.498. The molecule has 3 rings (SSSR count). The van der Waals surface area contributed by atoms with E-state index in [9.17, 15) is 4.57 Å². The summed E-state index contributed by atoms with van der Waals surface area (Å²) >= 11 is 0. The summed E-state index contributed by atoms with van der Waals surface area (Å²) in [4.78, 5) is 0. The molecule has 0 aliphatic heterocycles. The molecule has 138 valence electrons. The van der Waals surface area contributed by atoms with E-state index in [4.69, 9.17) is 0 Å². The quantitative estimate of drug-likeness (QED) is 0.478. The summed E-state index contributed by atoms with van der Waals surface area (Å²) in [7, 11) is -0.726. The van der Waals surface area contributed by atoms with Crippen LogP contribution in [0.4, 0.5) is 0 Å². The Morgan fingerprint density at radius 3 is 1.81 bits per heavy atom. The molecule has 2 aromatic carbocycles. The zero-order valence-corrected chi connectivity index (χ0v) is 17.9. The minimum absolute atomic E-state index is 0.336. The van der Waals surface area contributed by atoms with E-state index in [1.54, 1.807) is 0 Å². The summed E-state index contributed by atoms with van der Waals surface area (Å²) < 4.78 is 17.0. The summed E-state index contributed by atoms with van der Waals surface area (Å²) in [5.41, 5.74) is 4.38. The zero-order chi connectivity index (χ0) is 19.3. The van der Waals surface area contributed by atoms with E-state index >= 15 is 0 Å². The van der Waals surface area contributed by atoms with Gasteiger partial charge in [0.25, 0.3) is 0 Å². The lowest BCUT2D eigenvalue weighted by Gasteiger charge is -2.42. The minimum atomic E-state index is -2.79. The number of aryl methyl sites for hydroxylation is 1. The van der Waals surface area contributed by atoms with Crippen molar-refractivity contribution in [3.8, 4) is 11.1 Å². The molecule has 0 unspecified atom stereocenters. The molecule has 1 aromatic heterocycles. The van der Waals surface area contributed by atoms with Crippen molar-refractivity contribution in [1.82, 2.24) is 4.57 Å². The number of rotatable bonds is 2. The lowest BCUT2D eigenvalue weighted by atomic mass is 10.1. The number of fused-ring (bicyclic) bond motifs is 1. The van der Waals surface area contributed by atoms with Crippen molar-refractivity contribution in [3.05, 3.63) is 54.6 Å². The Balaban J connectivity index is 2.55. The zero-order valence-electron chi connectivity index (χ0n) is 17.0. The molecule has 0 saturated heterocycles. The summed E-state index contributed by atoms with van der Waals surface area (Å²) in [6.07, 6.45) is 0. The van der Waals surface area contributed by atoms with E-state index in [-0.39, 0.29) is 10.3 Å². The van der Waals surface area contributed by atoms with Crippen LogP contribution in [0, 0.1) is 0 Å². The number of hydrogen-bond donors (Lipinski definition) is 0. The molecule has 0 bridgehead atoms. The second-order valence-electron chi connectivity index (χ2n) is 9.09. The van der Waals surface area contributed by atoms with Crippen LogP contribution in [0.25, 0.3) is 22.0 Å². The van der Waals surface area contributed by atoms with Crippen LogP contribution in [0.5, 0.6) is 0 Å². The molecule has 0 spiro atoms. The van der Waals surface area contributed by atoms with Gasteiger partial charge in [-0.3, -0.25) is 0 Å². The third-order valence-electron chi connectivity index (χ3n) is 5.33. The molecule has 2 nitrogen and oxygen atoms in total. The fourth-order valence-corrected chi connectivity index (χ4v) is 8.66. The Hall–Kier alpha value is -1.79. The van der Waals surface area contributed by atoms with Crippen LogP contribution in [0.1, 0.15) is 41.5 Å². The average Bonchev–Trinajstić information content (AvgIpc) is 2.86. The molecule has 0 amide bonds. The van der Waals surface area contributed by atoms with Crippen LogP contribution >= 0.6 is 7.14 Å². The van der Waals surface area contributed by atoms with E-state index in [0.717, 1.165) is 22.1 Å². The van der Waals surface area contributed by atoms with Gasteiger partial charge in [-0.05, 0) is 11.6 Å². The molecular formula is C23H30NOP.